The number of hydrogen-bond donors (Lipinski definition) is 1. The summed E-state index contributed by atoms with van der Waals surface area (Å²) in [6.07, 6.45) is 4.85. The molecule has 1 N–H and O–H groups in total. The van der Waals surface area contributed by atoms with Crippen molar-refractivity contribution in [3.8, 4) is 18.1 Å². The molecule has 0 saturated carbocycles. The molecule has 0 saturated heterocycles. The SMILES string of the molecule is C#CCN(Cc1ccccc1)CC(O)COc1ccccc1C. The van der Waals surface area contributed by atoms with Gasteiger partial charge in [-0.3, -0.25) is 4.90 Å². The molecule has 0 radical (unpaired) electrons. The van der Waals surface area contributed by atoms with Crippen LogP contribution in [0, 0.1) is 19.3 Å². The molecule has 0 aromatic heterocycles. The fourth-order valence-electron chi connectivity index (χ4n) is 2.41. The maximum atomic E-state index is 10.2. The average molecular weight is 309 g/mol. The van der Waals surface area contributed by atoms with Gasteiger partial charge in [-0.2, -0.15) is 0 Å². The van der Waals surface area contributed by atoms with Crippen LogP contribution in [0.3, 0.4) is 0 Å². The zero-order chi connectivity index (χ0) is 16.5. The number of rotatable bonds is 8. The Kier molecular flexibility index (Phi) is 6.68. The van der Waals surface area contributed by atoms with Crippen LogP contribution in [0.5, 0.6) is 5.75 Å². The van der Waals surface area contributed by atoms with Crippen molar-refractivity contribution in [1.82, 2.24) is 4.90 Å². The Morgan fingerprint density at radius 1 is 1.13 bits per heavy atom. The van der Waals surface area contributed by atoms with Crippen LogP contribution in [0.4, 0.5) is 0 Å². The van der Waals surface area contributed by atoms with Crippen LogP contribution >= 0.6 is 0 Å². The van der Waals surface area contributed by atoms with Crippen molar-refractivity contribution in [2.24, 2.45) is 0 Å². The first-order chi connectivity index (χ1) is 11.2. The predicted molar refractivity (Wildman–Crippen MR) is 93.2 cm³/mol. The molecule has 0 bridgehead atoms. The van der Waals surface area contributed by atoms with Gasteiger partial charge in [0.2, 0.25) is 0 Å². The minimum atomic E-state index is -0.591. The number of terminal acetylenes is 1. The van der Waals surface area contributed by atoms with Gasteiger partial charge in [-0.1, -0.05) is 54.5 Å². The number of aliphatic hydroxyl groups is 1. The van der Waals surface area contributed by atoms with E-state index in [1.165, 1.54) is 5.56 Å². The molecule has 2 aromatic carbocycles. The van der Waals surface area contributed by atoms with Crippen LogP contribution in [-0.4, -0.2) is 35.8 Å². The number of aliphatic hydroxyl groups excluding tert-OH is 1. The molecular formula is C20H23NO2. The van der Waals surface area contributed by atoms with E-state index < -0.39 is 6.10 Å². The molecule has 3 heteroatoms. The lowest BCUT2D eigenvalue weighted by Crippen LogP contribution is -2.35. The Labute approximate surface area is 138 Å². The summed E-state index contributed by atoms with van der Waals surface area (Å²) in [4.78, 5) is 2.04. The van der Waals surface area contributed by atoms with Crippen LogP contribution in [0.1, 0.15) is 11.1 Å². The van der Waals surface area contributed by atoms with Crippen molar-refractivity contribution in [3.63, 3.8) is 0 Å². The van der Waals surface area contributed by atoms with Crippen molar-refractivity contribution in [2.45, 2.75) is 19.6 Å². The Morgan fingerprint density at radius 3 is 2.52 bits per heavy atom. The summed E-state index contributed by atoms with van der Waals surface area (Å²) in [6.45, 7) is 3.93. The molecule has 23 heavy (non-hydrogen) atoms. The largest absolute Gasteiger partial charge is 0.491 e. The zero-order valence-electron chi connectivity index (χ0n) is 13.5. The smallest absolute Gasteiger partial charge is 0.122 e. The summed E-state index contributed by atoms with van der Waals surface area (Å²) in [6, 6.07) is 17.9. The third-order valence-electron chi connectivity index (χ3n) is 3.56. The fraction of sp³-hybridized carbons (Fsp3) is 0.300. The summed E-state index contributed by atoms with van der Waals surface area (Å²) in [5.41, 5.74) is 2.24. The molecule has 0 heterocycles. The van der Waals surface area contributed by atoms with Crippen molar-refractivity contribution >= 4 is 0 Å². The highest BCUT2D eigenvalue weighted by Crippen LogP contribution is 2.16. The highest BCUT2D eigenvalue weighted by molar-refractivity contribution is 5.31. The van der Waals surface area contributed by atoms with Crippen molar-refractivity contribution < 1.29 is 9.84 Å². The third-order valence-corrected chi connectivity index (χ3v) is 3.56. The van der Waals surface area contributed by atoms with Crippen LogP contribution in [0.15, 0.2) is 54.6 Å². The molecule has 120 valence electrons. The lowest BCUT2D eigenvalue weighted by molar-refractivity contribution is 0.0700. The molecule has 0 fully saturated rings. The van der Waals surface area contributed by atoms with E-state index in [0.717, 1.165) is 11.3 Å². The Morgan fingerprint density at radius 2 is 1.83 bits per heavy atom. The Hall–Kier alpha value is -2.28. The molecular weight excluding hydrogens is 286 g/mol. The second kappa shape index (κ2) is 8.99. The van der Waals surface area contributed by atoms with Gasteiger partial charge < -0.3 is 9.84 Å². The van der Waals surface area contributed by atoms with Crippen LogP contribution in [-0.2, 0) is 6.54 Å². The number of aryl methyl sites for hydroxylation is 1. The van der Waals surface area contributed by atoms with Crippen molar-refractivity contribution in [2.75, 3.05) is 19.7 Å². The van der Waals surface area contributed by atoms with E-state index in [1.54, 1.807) is 0 Å². The summed E-state index contributed by atoms with van der Waals surface area (Å²) >= 11 is 0. The third kappa shape index (κ3) is 5.78. The van der Waals surface area contributed by atoms with E-state index in [1.807, 2.05) is 54.3 Å². The molecule has 0 aliphatic rings. The lowest BCUT2D eigenvalue weighted by atomic mass is 10.2. The maximum Gasteiger partial charge on any atom is 0.122 e. The first-order valence-electron chi connectivity index (χ1n) is 7.75. The number of ether oxygens (including phenoxy) is 1. The van der Waals surface area contributed by atoms with Gasteiger partial charge >= 0.3 is 0 Å². The van der Waals surface area contributed by atoms with E-state index in [4.69, 9.17) is 11.2 Å². The molecule has 1 unspecified atom stereocenters. The molecule has 0 spiro atoms. The fourth-order valence-corrected chi connectivity index (χ4v) is 2.41. The highest BCUT2D eigenvalue weighted by atomic mass is 16.5. The summed E-state index contributed by atoms with van der Waals surface area (Å²) < 4.78 is 5.70. The van der Waals surface area contributed by atoms with Gasteiger partial charge in [-0.05, 0) is 24.1 Å². The van der Waals surface area contributed by atoms with Gasteiger partial charge in [0.15, 0.2) is 0 Å². The predicted octanol–water partition coefficient (Wildman–Crippen LogP) is 2.87. The first-order valence-corrected chi connectivity index (χ1v) is 7.75. The summed E-state index contributed by atoms with van der Waals surface area (Å²) in [5.74, 6) is 3.45. The number of para-hydroxylation sites is 1. The van der Waals surface area contributed by atoms with Gasteiger partial charge in [0, 0.05) is 13.1 Å². The quantitative estimate of drug-likeness (QED) is 0.761. The van der Waals surface area contributed by atoms with Gasteiger partial charge in [0.1, 0.15) is 18.5 Å². The monoisotopic (exact) mass is 309 g/mol. The minimum absolute atomic E-state index is 0.251. The Balaban J connectivity index is 1.86. The molecule has 0 aliphatic carbocycles. The topological polar surface area (TPSA) is 32.7 Å². The minimum Gasteiger partial charge on any atom is -0.491 e. The highest BCUT2D eigenvalue weighted by Gasteiger charge is 2.13. The molecule has 0 aliphatic heterocycles. The van der Waals surface area contributed by atoms with E-state index in [-0.39, 0.29) is 6.61 Å². The summed E-state index contributed by atoms with van der Waals surface area (Å²) in [7, 11) is 0. The molecule has 1 atom stereocenters. The average Bonchev–Trinajstić information content (AvgIpc) is 2.55. The van der Waals surface area contributed by atoms with Gasteiger partial charge in [0.25, 0.3) is 0 Å². The van der Waals surface area contributed by atoms with Crippen molar-refractivity contribution in [3.05, 3.63) is 65.7 Å². The van der Waals surface area contributed by atoms with E-state index >= 15 is 0 Å². The van der Waals surface area contributed by atoms with Crippen LogP contribution < -0.4 is 4.74 Å². The van der Waals surface area contributed by atoms with Crippen molar-refractivity contribution in [1.29, 1.82) is 0 Å². The van der Waals surface area contributed by atoms with E-state index in [9.17, 15) is 5.11 Å². The van der Waals surface area contributed by atoms with Gasteiger partial charge in [-0.25, -0.2) is 0 Å². The molecule has 3 nitrogen and oxygen atoms in total. The lowest BCUT2D eigenvalue weighted by Gasteiger charge is -2.23. The summed E-state index contributed by atoms with van der Waals surface area (Å²) in [5, 5.41) is 10.2. The second-order valence-electron chi connectivity index (χ2n) is 5.59. The second-order valence-corrected chi connectivity index (χ2v) is 5.59. The van der Waals surface area contributed by atoms with Gasteiger partial charge in [-0.15, -0.1) is 6.42 Å². The number of benzene rings is 2. The van der Waals surface area contributed by atoms with E-state index in [0.29, 0.717) is 19.6 Å². The molecule has 2 aromatic rings. The molecule has 2 rings (SSSR count). The van der Waals surface area contributed by atoms with E-state index in [2.05, 4.69) is 18.1 Å². The number of nitrogens with zero attached hydrogens (tertiary/aromatic N) is 1. The standard InChI is InChI=1S/C20H23NO2/c1-3-13-21(14-18-10-5-4-6-11-18)15-19(22)16-23-20-12-8-7-9-17(20)2/h1,4-12,19,22H,13-16H2,2H3. The molecule has 0 amide bonds. The Bertz CT molecular complexity index is 634. The van der Waals surface area contributed by atoms with Crippen LogP contribution in [0.25, 0.3) is 0 Å². The van der Waals surface area contributed by atoms with Gasteiger partial charge in [0.05, 0.1) is 6.54 Å². The first kappa shape index (κ1) is 17.1. The number of hydrogen-bond acceptors (Lipinski definition) is 3. The normalized spacial score (nSPS) is 11.9. The zero-order valence-corrected chi connectivity index (χ0v) is 13.5. The van der Waals surface area contributed by atoms with Crippen LogP contribution in [0.2, 0.25) is 0 Å². The maximum absolute atomic E-state index is 10.2.